The molecule has 1 aromatic rings. The van der Waals surface area contributed by atoms with E-state index < -0.39 is 0 Å². The Balaban J connectivity index is 0.00000180. The molecule has 0 spiro atoms. The Bertz CT molecular complexity index is 484. The first-order valence-corrected chi connectivity index (χ1v) is 7.35. The number of amides is 1. The third kappa shape index (κ3) is 3.74. The minimum atomic E-state index is 0. The molecule has 1 fully saturated rings. The van der Waals surface area contributed by atoms with Crippen molar-refractivity contribution >= 4 is 52.5 Å². The highest BCUT2D eigenvalue weighted by Crippen LogP contribution is 2.30. The van der Waals surface area contributed by atoms with Gasteiger partial charge in [-0.25, -0.2) is 0 Å². The Hall–Kier alpha value is -0.0400. The van der Waals surface area contributed by atoms with Crippen LogP contribution >= 0.6 is 46.6 Å². The highest BCUT2D eigenvalue weighted by Gasteiger charge is 2.35. The van der Waals surface area contributed by atoms with E-state index in [4.69, 9.17) is 17.3 Å². The van der Waals surface area contributed by atoms with E-state index >= 15 is 0 Å². The minimum Gasteiger partial charge on any atom is -0.338 e. The van der Waals surface area contributed by atoms with Crippen LogP contribution in [0.25, 0.3) is 0 Å². The number of hydrogen-bond donors (Lipinski definition) is 1. The van der Waals surface area contributed by atoms with Gasteiger partial charge in [0.2, 0.25) is 0 Å². The van der Waals surface area contributed by atoms with Crippen LogP contribution in [0.2, 0.25) is 5.02 Å². The fourth-order valence-corrected chi connectivity index (χ4v) is 2.93. The maximum absolute atomic E-state index is 12.4. The first-order chi connectivity index (χ1) is 8.45. The zero-order chi connectivity index (χ0) is 13.3. The van der Waals surface area contributed by atoms with Crippen molar-refractivity contribution in [1.82, 2.24) is 4.90 Å². The average molecular weight is 415 g/mol. The molecular formula is C13H17Cl2IN2O. The largest absolute Gasteiger partial charge is 0.338 e. The van der Waals surface area contributed by atoms with Crippen LogP contribution < -0.4 is 5.73 Å². The van der Waals surface area contributed by atoms with E-state index in [2.05, 4.69) is 29.5 Å². The van der Waals surface area contributed by atoms with Crippen LogP contribution in [0.15, 0.2) is 18.2 Å². The van der Waals surface area contributed by atoms with Gasteiger partial charge >= 0.3 is 0 Å². The summed E-state index contributed by atoms with van der Waals surface area (Å²) in [6, 6.07) is 5.41. The molecule has 2 N–H and O–H groups in total. The summed E-state index contributed by atoms with van der Waals surface area (Å²) < 4.78 is 0.934. The molecule has 0 saturated carbocycles. The van der Waals surface area contributed by atoms with E-state index in [0.29, 0.717) is 17.1 Å². The lowest BCUT2D eigenvalue weighted by molar-refractivity contribution is 0.0776. The Kier molecular flexibility index (Phi) is 5.92. The second kappa shape index (κ2) is 6.61. The molecule has 0 bridgehead atoms. The second-order valence-corrected chi connectivity index (χ2v) is 6.71. The van der Waals surface area contributed by atoms with E-state index in [9.17, 15) is 4.79 Å². The highest BCUT2D eigenvalue weighted by molar-refractivity contribution is 14.1. The standard InChI is InChI=1S/C13H16ClIN2O.ClH/c1-13(7-16)4-5-17(8-13)12(18)10-6-9(14)2-3-11(10)15;/h2-3,6H,4-5,7-8,16H2,1H3;1H. The Morgan fingerprint density at radius 1 is 1.58 bits per heavy atom. The zero-order valence-electron chi connectivity index (χ0n) is 10.7. The van der Waals surface area contributed by atoms with Gasteiger partial charge in [-0.3, -0.25) is 4.79 Å². The summed E-state index contributed by atoms with van der Waals surface area (Å²) >= 11 is 8.12. The molecule has 3 nitrogen and oxygen atoms in total. The number of nitrogens with zero attached hydrogens (tertiary/aromatic N) is 1. The summed E-state index contributed by atoms with van der Waals surface area (Å²) in [7, 11) is 0. The predicted molar refractivity (Wildman–Crippen MR) is 89.1 cm³/mol. The van der Waals surface area contributed by atoms with Gasteiger partial charge in [-0.15, -0.1) is 12.4 Å². The number of halogens is 3. The molecular weight excluding hydrogens is 398 g/mol. The van der Waals surface area contributed by atoms with Crippen LogP contribution in [0.1, 0.15) is 23.7 Å². The van der Waals surface area contributed by atoms with Gasteiger partial charge in [0.05, 0.1) is 5.56 Å². The molecule has 2 rings (SSSR count). The van der Waals surface area contributed by atoms with Crippen molar-refractivity contribution in [2.45, 2.75) is 13.3 Å². The number of benzene rings is 1. The molecule has 1 aliphatic heterocycles. The number of nitrogens with two attached hydrogens (primary N) is 1. The van der Waals surface area contributed by atoms with Crippen LogP contribution in [0.5, 0.6) is 0 Å². The fourth-order valence-electron chi connectivity index (χ4n) is 2.20. The number of rotatable bonds is 2. The van der Waals surface area contributed by atoms with Gasteiger partial charge in [0.1, 0.15) is 0 Å². The monoisotopic (exact) mass is 414 g/mol. The Morgan fingerprint density at radius 2 is 2.26 bits per heavy atom. The molecule has 1 amide bonds. The molecule has 1 atom stereocenters. The summed E-state index contributed by atoms with van der Waals surface area (Å²) in [6.45, 7) is 4.24. The molecule has 1 aromatic carbocycles. The van der Waals surface area contributed by atoms with Crippen molar-refractivity contribution in [3.8, 4) is 0 Å². The van der Waals surface area contributed by atoms with Gasteiger partial charge in [-0.05, 0) is 59.2 Å². The lowest BCUT2D eigenvalue weighted by Gasteiger charge is -2.23. The van der Waals surface area contributed by atoms with Crippen LogP contribution in [0.3, 0.4) is 0 Å². The van der Waals surface area contributed by atoms with E-state index in [-0.39, 0.29) is 23.7 Å². The van der Waals surface area contributed by atoms with E-state index in [1.54, 1.807) is 12.1 Å². The Labute approximate surface area is 138 Å². The first-order valence-electron chi connectivity index (χ1n) is 5.90. The van der Waals surface area contributed by atoms with E-state index in [1.807, 2.05) is 11.0 Å². The SMILES string of the molecule is CC1(CN)CCN(C(=O)c2cc(Cl)ccc2I)C1.Cl. The molecule has 6 heteroatoms. The molecule has 1 aliphatic rings. The maximum Gasteiger partial charge on any atom is 0.254 e. The van der Waals surface area contributed by atoms with Gasteiger partial charge in [-0.2, -0.15) is 0 Å². The van der Waals surface area contributed by atoms with Crippen molar-refractivity contribution in [2.24, 2.45) is 11.1 Å². The third-order valence-corrected chi connectivity index (χ3v) is 4.67. The summed E-state index contributed by atoms with van der Waals surface area (Å²) in [6.07, 6.45) is 0.965. The van der Waals surface area contributed by atoms with Crippen LogP contribution in [0, 0.1) is 8.99 Å². The van der Waals surface area contributed by atoms with E-state index in [0.717, 1.165) is 23.1 Å². The second-order valence-electron chi connectivity index (χ2n) is 5.12. The number of hydrogen-bond acceptors (Lipinski definition) is 2. The molecule has 1 unspecified atom stereocenters. The summed E-state index contributed by atoms with van der Waals surface area (Å²) in [5.74, 6) is 0.0547. The number of likely N-dealkylation sites (tertiary alicyclic amines) is 1. The van der Waals surface area contributed by atoms with Gasteiger partial charge in [-0.1, -0.05) is 18.5 Å². The van der Waals surface area contributed by atoms with Gasteiger partial charge < -0.3 is 10.6 Å². The third-order valence-electron chi connectivity index (χ3n) is 3.50. The van der Waals surface area contributed by atoms with Crippen LogP contribution in [-0.4, -0.2) is 30.4 Å². The molecule has 1 heterocycles. The topological polar surface area (TPSA) is 46.3 Å². The molecule has 0 aromatic heterocycles. The lowest BCUT2D eigenvalue weighted by Crippen LogP contribution is -2.34. The van der Waals surface area contributed by atoms with Gasteiger partial charge in [0, 0.05) is 21.7 Å². The molecule has 0 aliphatic carbocycles. The summed E-state index contributed by atoms with van der Waals surface area (Å²) in [5, 5.41) is 0.597. The van der Waals surface area contributed by atoms with Crippen LogP contribution in [-0.2, 0) is 0 Å². The fraction of sp³-hybridized carbons (Fsp3) is 0.462. The number of carbonyl (C=O) groups is 1. The quantitative estimate of drug-likeness (QED) is 0.755. The van der Waals surface area contributed by atoms with Crippen LogP contribution in [0.4, 0.5) is 0 Å². The Morgan fingerprint density at radius 3 is 2.84 bits per heavy atom. The minimum absolute atomic E-state index is 0. The average Bonchev–Trinajstić information content (AvgIpc) is 2.75. The zero-order valence-corrected chi connectivity index (χ0v) is 14.4. The summed E-state index contributed by atoms with van der Waals surface area (Å²) in [4.78, 5) is 14.3. The first kappa shape index (κ1) is 17.0. The van der Waals surface area contributed by atoms with Crippen molar-refractivity contribution in [1.29, 1.82) is 0 Å². The van der Waals surface area contributed by atoms with E-state index in [1.165, 1.54) is 0 Å². The van der Waals surface area contributed by atoms with Crippen molar-refractivity contribution in [2.75, 3.05) is 19.6 Å². The molecule has 1 saturated heterocycles. The molecule has 0 radical (unpaired) electrons. The smallest absolute Gasteiger partial charge is 0.254 e. The molecule has 106 valence electrons. The van der Waals surface area contributed by atoms with Crippen molar-refractivity contribution < 1.29 is 4.79 Å². The van der Waals surface area contributed by atoms with Crippen molar-refractivity contribution in [3.63, 3.8) is 0 Å². The van der Waals surface area contributed by atoms with Gasteiger partial charge in [0.25, 0.3) is 5.91 Å². The molecule has 19 heavy (non-hydrogen) atoms. The maximum atomic E-state index is 12.4. The van der Waals surface area contributed by atoms with Gasteiger partial charge in [0.15, 0.2) is 0 Å². The normalized spacial score (nSPS) is 22.2. The van der Waals surface area contributed by atoms with Crippen molar-refractivity contribution in [3.05, 3.63) is 32.4 Å². The summed E-state index contributed by atoms with van der Waals surface area (Å²) in [5.41, 5.74) is 6.50. The highest BCUT2D eigenvalue weighted by atomic mass is 127. The number of carbonyl (C=O) groups excluding carboxylic acids is 1. The lowest BCUT2D eigenvalue weighted by atomic mass is 9.90. The predicted octanol–water partition coefficient (Wildman–Crippen LogP) is 3.18.